The third kappa shape index (κ3) is 3.17. The molecule has 0 aliphatic heterocycles. The Morgan fingerprint density at radius 3 is 2.76 bits per heavy atom. The molecular weight excluding hydrogens is 266 g/mol. The van der Waals surface area contributed by atoms with Crippen LogP contribution in [0, 0.1) is 0 Å². The molecule has 6 nitrogen and oxygen atoms in total. The summed E-state index contributed by atoms with van der Waals surface area (Å²) in [7, 11) is 1.84. The molecule has 0 fully saturated rings. The Balaban J connectivity index is 1.65. The van der Waals surface area contributed by atoms with Gasteiger partial charge in [-0.25, -0.2) is 0 Å². The van der Waals surface area contributed by atoms with Crippen molar-refractivity contribution in [2.75, 3.05) is 0 Å². The first-order valence-corrected chi connectivity index (χ1v) is 6.85. The van der Waals surface area contributed by atoms with E-state index < -0.39 is 0 Å². The molecule has 108 valence electrons. The van der Waals surface area contributed by atoms with E-state index in [1.165, 1.54) is 5.56 Å². The number of nitrogens with zero attached hydrogens (tertiary/aromatic N) is 4. The first-order chi connectivity index (χ1) is 10.2. The van der Waals surface area contributed by atoms with Gasteiger partial charge >= 0.3 is 0 Å². The van der Waals surface area contributed by atoms with Gasteiger partial charge < -0.3 is 10.3 Å². The molecule has 0 saturated heterocycles. The van der Waals surface area contributed by atoms with Crippen LogP contribution in [0.1, 0.15) is 23.9 Å². The number of benzene rings is 1. The van der Waals surface area contributed by atoms with Gasteiger partial charge in [-0.05, 0) is 24.5 Å². The first-order valence-electron chi connectivity index (χ1n) is 6.85. The lowest BCUT2D eigenvalue weighted by molar-refractivity contribution is 0.349. The number of hydrogen-bond donors (Lipinski definition) is 1. The fourth-order valence-corrected chi connectivity index (χ4v) is 2.11. The summed E-state index contributed by atoms with van der Waals surface area (Å²) in [6, 6.07) is 11.8. The van der Waals surface area contributed by atoms with Crippen LogP contribution < -0.4 is 5.73 Å². The van der Waals surface area contributed by atoms with E-state index in [0.717, 1.165) is 12.8 Å². The highest BCUT2D eigenvalue weighted by atomic mass is 16.5. The van der Waals surface area contributed by atoms with Crippen molar-refractivity contribution in [1.82, 2.24) is 19.9 Å². The van der Waals surface area contributed by atoms with Crippen molar-refractivity contribution >= 4 is 0 Å². The minimum Gasteiger partial charge on any atom is -0.337 e. The van der Waals surface area contributed by atoms with Crippen molar-refractivity contribution in [3.05, 3.63) is 54.0 Å². The molecule has 2 aromatic heterocycles. The van der Waals surface area contributed by atoms with Crippen LogP contribution in [0.4, 0.5) is 0 Å². The van der Waals surface area contributed by atoms with E-state index in [0.29, 0.717) is 17.4 Å². The molecule has 3 aromatic rings. The maximum absolute atomic E-state index is 6.12. The van der Waals surface area contributed by atoms with E-state index in [9.17, 15) is 0 Å². The Bertz CT molecular complexity index is 704. The van der Waals surface area contributed by atoms with E-state index >= 15 is 0 Å². The lowest BCUT2D eigenvalue weighted by atomic mass is 10.1. The van der Waals surface area contributed by atoms with E-state index in [4.69, 9.17) is 10.3 Å². The molecule has 21 heavy (non-hydrogen) atoms. The third-order valence-electron chi connectivity index (χ3n) is 3.29. The topological polar surface area (TPSA) is 82.8 Å². The highest BCUT2D eigenvalue weighted by Gasteiger charge is 2.16. The molecule has 2 N–H and O–H groups in total. The third-order valence-corrected chi connectivity index (χ3v) is 3.29. The molecule has 2 heterocycles. The predicted octanol–water partition coefficient (Wildman–Crippen LogP) is 2.10. The monoisotopic (exact) mass is 283 g/mol. The molecule has 3 rings (SSSR count). The summed E-state index contributed by atoms with van der Waals surface area (Å²) in [5.74, 6) is 0.923. The summed E-state index contributed by atoms with van der Waals surface area (Å²) in [6.45, 7) is 0. The summed E-state index contributed by atoms with van der Waals surface area (Å²) in [4.78, 5) is 4.33. The fourth-order valence-electron chi connectivity index (χ4n) is 2.11. The van der Waals surface area contributed by atoms with Gasteiger partial charge in [0.25, 0.3) is 0 Å². The zero-order valence-electron chi connectivity index (χ0n) is 11.8. The van der Waals surface area contributed by atoms with Crippen molar-refractivity contribution in [2.45, 2.75) is 18.9 Å². The van der Waals surface area contributed by atoms with Crippen molar-refractivity contribution in [1.29, 1.82) is 0 Å². The van der Waals surface area contributed by atoms with E-state index in [2.05, 4.69) is 27.4 Å². The Hall–Kier alpha value is -2.47. The normalized spacial score (nSPS) is 12.5. The summed E-state index contributed by atoms with van der Waals surface area (Å²) in [5, 5.41) is 8.17. The van der Waals surface area contributed by atoms with Crippen molar-refractivity contribution in [3.8, 4) is 11.5 Å². The molecule has 0 aliphatic carbocycles. The Morgan fingerprint density at radius 2 is 2.05 bits per heavy atom. The van der Waals surface area contributed by atoms with Gasteiger partial charge in [-0.1, -0.05) is 35.5 Å². The Morgan fingerprint density at radius 1 is 1.24 bits per heavy atom. The summed E-state index contributed by atoms with van der Waals surface area (Å²) in [6.07, 6.45) is 3.47. The Kier molecular flexibility index (Phi) is 3.79. The first kappa shape index (κ1) is 13.5. The van der Waals surface area contributed by atoms with Crippen molar-refractivity contribution in [2.24, 2.45) is 12.8 Å². The number of aromatic nitrogens is 4. The Labute approximate surface area is 122 Å². The van der Waals surface area contributed by atoms with Crippen molar-refractivity contribution in [3.63, 3.8) is 0 Å². The zero-order valence-corrected chi connectivity index (χ0v) is 11.8. The molecule has 1 atom stereocenters. The van der Waals surface area contributed by atoms with Gasteiger partial charge in [0.05, 0.1) is 6.04 Å². The minimum atomic E-state index is -0.268. The van der Waals surface area contributed by atoms with Gasteiger partial charge in [0, 0.05) is 13.2 Å². The molecule has 0 bridgehead atoms. The lowest BCUT2D eigenvalue weighted by Gasteiger charge is -2.06. The predicted molar refractivity (Wildman–Crippen MR) is 78.2 cm³/mol. The second-order valence-corrected chi connectivity index (χ2v) is 4.96. The molecule has 1 aromatic carbocycles. The van der Waals surface area contributed by atoms with Crippen LogP contribution in [0.15, 0.2) is 47.1 Å². The molecule has 0 aliphatic rings. The number of rotatable bonds is 5. The highest BCUT2D eigenvalue weighted by Crippen LogP contribution is 2.19. The number of nitrogens with two attached hydrogens (primary N) is 1. The molecule has 0 unspecified atom stereocenters. The van der Waals surface area contributed by atoms with Gasteiger partial charge in [0.15, 0.2) is 0 Å². The quantitative estimate of drug-likeness (QED) is 0.775. The molecular formula is C15H17N5O. The van der Waals surface area contributed by atoms with Crippen LogP contribution >= 0.6 is 0 Å². The van der Waals surface area contributed by atoms with Gasteiger partial charge in [-0.15, -0.1) is 0 Å². The van der Waals surface area contributed by atoms with Crippen LogP contribution in [0.3, 0.4) is 0 Å². The van der Waals surface area contributed by atoms with E-state index in [1.54, 1.807) is 4.68 Å². The smallest absolute Gasteiger partial charge is 0.243 e. The second kappa shape index (κ2) is 5.88. The lowest BCUT2D eigenvalue weighted by Crippen LogP contribution is -2.11. The van der Waals surface area contributed by atoms with Crippen LogP contribution in [0.5, 0.6) is 0 Å². The number of aryl methyl sites for hydroxylation is 2. The second-order valence-electron chi connectivity index (χ2n) is 4.96. The van der Waals surface area contributed by atoms with Gasteiger partial charge in [-0.3, -0.25) is 4.68 Å². The van der Waals surface area contributed by atoms with Crippen LogP contribution in [-0.4, -0.2) is 19.9 Å². The van der Waals surface area contributed by atoms with E-state index in [1.807, 2.05) is 37.5 Å². The average molecular weight is 283 g/mol. The van der Waals surface area contributed by atoms with Gasteiger partial charge in [0.2, 0.25) is 11.7 Å². The minimum absolute atomic E-state index is 0.268. The fraction of sp³-hybridized carbons (Fsp3) is 0.267. The molecule has 0 radical (unpaired) electrons. The van der Waals surface area contributed by atoms with Crippen molar-refractivity contribution < 1.29 is 4.52 Å². The van der Waals surface area contributed by atoms with Crippen LogP contribution in [0.25, 0.3) is 11.5 Å². The summed E-state index contributed by atoms with van der Waals surface area (Å²) >= 11 is 0. The summed E-state index contributed by atoms with van der Waals surface area (Å²) < 4.78 is 6.94. The maximum Gasteiger partial charge on any atom is 0.243 e. The maximum atomic E-state index is 6.12. The molecule has 0 spiro atoms. The SMILES string of the molecule is Cn1ccc(-c2noc([C@@H](N)CCc3ccccc3)n2)n1. The van der Waals surface area contributed by atoms with E-state index in [-0.39, 0.29) is 6.04 Å². The molecule has 0 saturated carbocycles. The number of hydrogen-bond acceptors (Lipinski definition) is 5. The zero-order chi connectivity index (χ0) is 14.7. The van der Waals surface area contributed by atoms with Crippen LogP contribution in [0.2, 0.25) is 0 Å². The van der Waals surface area contributed by atoms with Gasteiger partial charge in [-0.2, -0.15) is 10.1 Å². The average Bonchev–Trinajstić information content (AvgIpc) is 3.14. The highest BCUT2D eigenvalue weighted by molar-refractivity contribution is 5.46. The van der Waals surface area contributed by atoms with Gasteiger partial charge in [0.1, 0.15) is 5.69 Å². The van der Waals surface area contributed by atoms with Crippen LogP contribution in [-0.2, 0) is 13.5 Å². The summed E-state index contributed by atoms with van der Waals surface area (Å²) in [5.41, 5.74) is 8.05. The molecule has 0 amide bonds. The largest absolute Gasteiger partial charge is 0.337 e. The molecule has 6 heteroatoms. The standard InChI is InChI=1S/C15H17N5O/c1-20-10-9-13(18-20)14-17-15(21-19-14)12(16)8-7-11-5-3-2-4-6-11/h2-6,9-10,12H,7-8,16H2,1H3/t12-/m0/s1.